The first-order valence-electron chi connectivity index (χ1n) is 10.0. The monoisotopic (exact) mass is 419 g/mol. The second-order valence-corrected chi connectivity index (χ2v) is 7.39. The van der Waals surface area contributed by atoms with Crippen molar-refractivity contribution in [3.05, 3.63) is 42.1 Å². The van der Waals surface area contributed by atoms with Crippen molar-refractivity contribution in [1.82, 2.24) is 10.3 Å². The van der Waals surface area contributed by atoms with Crippen molar-refractivity contribution in [1.29, 1.82) is 0 Å². The molecule has 1 aliphatic carbocycles. The van der Waals surface area contributed by atoms with Gasteiger partial charge in [-0.2, -0.15) is 0 Å². The van der Waals surface area contributed by atoms with E-state index in [4.69, 9.17) is 9.47 Å². The number of benzene rings is 1. The second kappa shape index (κ2) is 10.4. The smallest absolute Gasteiger partial charge is 0.228 e. The number of hydrogen-bond acceptors (Lipinski definition) is 5. The maximum absolute atomic E-state index is 14.4. The highest BCUT2D eigenvalue weighted by Gasteiger charge is 2.27. The molecule has 2 atom stereocenters. The van der Waals surface area contributed by atoms with E-state index in [1.807, 2.05) is 0 Å². The minimum absolute atomic E-state index is 0.135. The van der Waals surface area contributed by atoms with E-state index < -0.39 is 11.6 Å². The molecule has 1 aromatic carbocycles. The molecule has 8 heteroatoms. The third kappa shape index (κ3) is 5.52. The topological polar surface area (TPSA) is 72.5 Å². The number of rotatable bonds is 8. The highest BCUT2D eigenvalue weighted by molar-refractivity contribution is 5.92. The van der Waals surface area contributed by atoms with E-state index in [2.05, 4.69) is 15.6 Å². The fraction of sp³-hybridized carbons (Fsp3) is 0.455. The number of amides is 1. The zero-order valence-corrected chi connectivity index (χ0v) is 17.2. The van der Waals surface area contributed by atoms with Gasteiger partial charge in [0, 0.05) is 42.8 Å². The molecule has 0 aliphatic heterocycles. The largest absolute Gasteiger partial charge is 0.496 e. The van der Waals surface area contributed by atoms with E-state index in [-0.39, 0.29) is 35.0 Å². The predicted molar refractivity (Wildman–Crippen MR) is 110 cm³/mol. The molecule has 1 aliphatic rings. The zero-order chi connectivity index (χ0) is 21.5. The molecule has 0 saturated heterocycles. The van der Waals surface area contributed by atoms with E-state index in [0.29, 0.717) is 12.2 Å². The average molecular weight is 419 g/mol. The number of hydrogen-bond donors (Lipinski definition) is 2. The van der Waals surface area contributed by atoms with Crippen LogP contribution in [-0.2, 0) is 9.53 Å². The molecular formula is C22H27F2N3O3. The quantitative estimate of drug-likeness (QED) is 0.638. The van der Waals surface area contributed by atoms with Crippen molar-refractivity contribution < 1.29 is 23.0 Å². The first kappa shape index (κ1) is 22.1. The van der Waals surface area contributed by atoms with Crippen LogP contribution in [0.2, 0.25) is 0 Å². The summed E-state index contributed by atoms with van der Waals surface area (Å²) in [5.41, 5.74) is 0.564. The van der Waals surface area contributed by atoms with Gasteiger partial charge in [0.25, 0.3) is 0 Å². The number of carbonyl (C=O) groups is 1. The van der Waals surface area contributed by atoms with Gasteiger partial charge in [-0.15, -0.1) is 0 Å². The highest BCUT2D eigenvalue weighted by Crippen LogP contribution is 2.33. The van der Waals surface area contributed by atoms with Crippen LogP contribution in [0.15, 0.2) is 30.5 Å². The number of methoxy groups -OCH3 is 2. The standard InChI is InChI=1S/C22H27F2N3O3/c1-29-9-8-25-16-5-3-4-14(10-16)22(28)27-21-12-18(19(24)13-26-21)17-7-6-15(23)11-20(17)30-2/h6-7,11-14,16,25H,3-5,8-10H2,1-2H3,(H,26,27,28)/t14-,16+/m0/s1. The number of anilines is 1. The Hall–Kier alpha value is -2.58. The molecule has 2 aromatic rings. The Morgan fingerprint density at radius 1 is 1.20 bits per heavy atom. The predicted octanol–water partition coefficient (Wildman–Crippen LogP) is 3.77. The second-order valence-electron chi connectivity index (χ2n) is 7.39. The summed E-state index contributed by atoms with van der Waals surface area (Å²) in [6.45, 7) is 1.38. The van der Waals surface area contributed by atoms with Crippen molar-refractivity contribution in [2.45, 2.75) is 31.7 Å². The Morgan fingerprint density at radius 3 is 2.80 bits per heavy atom. The number of nitrogens with zero attached hydrogens (tertiary/aromatic N) is 1. The normalized spacial score (nSPS) is 18.8. The maximum atomic E-state index is 14.4. The van der Waals surface area contributed by atoms with Gasteiger partial charge in [-0.3, -0.25) is 4.79 Å². The Bertz CT molecular complexity index is 879. The van der Waals surface area contributed by atoms with Crippen LogP contribution >= 0.6 is 0 Å². The molecule has 0 bridgehead atoms. The number of halogens is 2. The van der Waals surface area contributed by atoms with Crippen molar-refractivity contribution in [3.63, 3.8) is 0 Å². The van der Waals surface area contributed by atoms with E-state index >= 15 is 0 Å². The van der Waals surface area contributed by atoms with Gasteiger partial charge in [0.2, 0.25) is 5.91 Å². The van der Waals surface area contributed by atoms with Crippen LogP contribution in [0.3, 0.4) is 0 Å². The summed E-state index contributed by atoms with van der Waals surface area (Å²) in [6.07, 6.45) is 4.56. The Kier molecular flexibility index (Phi) is 7.70. The van der Waals surface area contributed by atoms with Gasteiger partial charge < -0.3 is 20.1 Å². The third-order valence-electron chi connectivity index (χ3n) is 5.34. The van der Waals surface area contributed by atoms with Crippen molar-refractivity contribution >= 4 is 11.7 Å². The lowest BCUT2D eigenvalue weighted by molar-refractivity contribution is -0.121. The van der Waals surface area contributed by atoms with Crippen LogP contribution in [0.4, 0.5) is 14.6 Å². The molecule has 0 radical (unpaired) electrons. The fourth-order valence-corrected chi connectivity index (χ4v) is 3.81. The summed E-state index contributed by atoms with van der Waals surface area (Å²) in [5.74, 6) is -0.895. The van der Waals surface area contributed by atoms with Crippen LogP contribution in [0.5, 0.6) is 5.75 Å². The van der Waals surface area contributed by atoms with Gasteiger partial charge in [-0.1, -0.05) is 6.42 Å². The number of pyridine rings is 1. The van der Waals surface area contributed by atoms with Crippen LogP contribution in [0.1, 0.15) is 25.7 Å². The highest BCUT2D eigenvalue weighted by atomic mass is 19.1. The Balaban J connectivity index is 1.71. The fourth-order valence-electron chi connectivity index (χ4n) is 3.81. The van der Waals surface area contributed by atoms with E-state index in [1.165, 1.54) is 31.4 Å². The molecule has 0 unspecified atom stereocenters. The maximum Gasteiger partial charge on any atom is 0.228 e. The lowest BCUT2D eigenvalue weighted by atomic mass is 9.85. The van der Waals surface area contributed by atoms with Gasteiger partial charge in [0.05, 0.1) is 19.9 Å². The minimum atomic E-state index is -0.585. The zero-order valence-electron chi connectivity index (χ0n) is 17.2. The summed E-state index contributed by atoms with van der Waals surface area (Å²) in [7, 11) is 3.05. The Labute approximate surface area is 175 Å². The van der Waals surface area contributed by atoms with Crippen LogP contribution in [0, 0.1) is 17.6 Å². The average Bonchev–Trinajstić information content (AvgIpc) is 2.75. The molecule has 1 aromatic heterocycles. The summed E-state index contributed by atoms with van der Waals surface area (Å²) >= 11 is 0. The van der Waals surface area contributed by atoms with E-state index in [1.54, 1.807) is 7.11 Å². The molecule has 6 nitrogen and oxygen atoms in total. The summed E-state index contributed by atoms with van der Waals surface area (Å²) in [4.78, 5) is 16.8. The van der Waals surface area contributed by atoms with Crippen LogP contribution in [0.25, 0.3) is 11.1 Å². The summed E-state index contributed by atoms with van der Waals surface area (Å²) < 4.78 is 38.1. The lowest BCUT2D eigenvalue weighted by Gasteiger charge is -2.29. The lowest BCUT2D eigenvalue weighted by Crippen LogP contribution is -2.39. The van der Waals surface area contributed by atoms with Crippen LogP contribution in [-0.4, -0.2) is 44.3 Å². The van der Waals surface area contributed by atoms with E-state index in [0.717, 1.165) is 38.4 Å². The minimum Gasteiger partial charge on any atom is -0.496 e. The summed E-state index contributed by atoms with van der Waals surface area (Å²) in [5, 5.41) is 6.21. The molecule has 3 rings (SSSR count). The Morgan fingerprint density at radius 2 is 2.03 bits per heavy atom. The molecular weight excluding hydrogens is 392 g/mol. The third-order valence-corrected chi connectivity index (χ3v) is 5.34. The van der Waals surface area contributed by atoms with Gasteiger partial charge in [-0.05, 0) is 37.5 Å². The first-order valence-corrected chi connectivity index (χ1v) is 10.0. The number of ether oxygens (including phenoxy) is 2. The van der Waals surface area contributed by atoms with Crippen molar-refractivity contribution in [2.75, 3.05) is 32.7 Å². The summed E-state index contributed by atoms with van der Waals surface area (Å²) in [6, 6.07) is 5.57. The number of carbonyl (C=O) groups excluding carboxylic acids is 1. The molecule has 162 valence electrons. The molecule has 1 saturated carbocycles. The SMILES string of the molecule is COCCN[C@@H]1CCC[C@H](C(=O)Nc2cc(-c3ccc(F)cc3OC)c(F)cn2)C1. The van der Waals surface area contributed by atoms with Crippen molar-refractivity contribution in [2.24, 2.45) is 5.92 Å². The van der Waals surface area contributed by atoms with E-state index in [9.17, 15) is 13.6 Å². The van der Waals surface area contributed by atoms with Gasteiger partial charge in [-0.25, -0.2) is 13.8 Å². The van der Waals surface area contributed by atoms with Crippen LogP contribution < -0.4 is 15.4 Å². The number of aromatic nitrogens is 1. The molecule has 1 fully saturated rings. The van der Waals surface area contributed by atoms with Gasteiger partial charge in [0.15, 0.2) is 0 Å². The molecule has 30 heavy (non-hydrogen) atoms. The number of nitrogens with one attached hydrogen (secondary N) is 2. The molecule has 0 spiro atoms. The first-order chi connectivity index (χ1) is 14.5. The van der Waals surface area contributed by atoms with Gasteiger partial charge >= 0.3 is 0 Å². The molecule has 2 N–H and O–H groups in total. The molecule has 1 heterocycles. The molecule has 1 amide bonds. The van der Waals surface area contributed by atoms with Gasteiger partial charge in [0.1, 0.15) is 23.2 Å². The van der Waals surface area contributed by atoms with Crippen molar-refractivity contribution in [3.8, 4) is 16.9 Å².